The maximum absolute atomic E-state index is 12.6. The Morgan fingerprint density at radius 2 is 1.61 bits per heavy atom. The van der Waals surface area contributed by atoms with Gasteiger partial charge in [-0.3, -0.25) is 4.79 Å². The molecule has 0 radical (unpaired) electrons. The second-order valence-corrected chi connectivity index (χ2v) is 5.03. The van der Waals surface area contributed by atoms with Crippen molar-refractivity contribution in [2.75, 3.05) is 21.3 Å². The smallest absolute Gasteiger partial charge is 0.193 e. The molecule has 120 valence electrons. The van der Waals surface area contributed by atoms with Crippen molar-refractivity contribution in [3.8, 4) is 17.2 Å². The van der Waals surface area contributed by atoms with Crippen LogP contribution in [0.3, 0.4) is 0 Å². The van der Waals surface area contributed by atoms with Crippen molar-refractivity contribution in [2.24, 2.45) is 0 Å². The summed E-state index contributed by atoms with van der Waals surface area (Å²) >= 11 is 6.08. The molecule has 0 bridgehead atoms. The molecule has 0 saturated carbocycles. The largest absolute Gasteiger partial charge is 0.496 e. The number of carbonyl (C=O) groups is 1. The van der Waals surface area contributed by atoms with E-state index in [4.69, 9.17) is 25.8 Å². The van der Waals surface area contributed by atoms with Crippen molar-refractivity contribution in [2.45, 2.75) is 0 Å². The monoisotopic (exact) mass is 332 g/mol. The Labute approximate surface area is 140 Å². The molecule has 2 aromatic rings. The van der Waals surface area contributed by atoms with Crippen LogP contribution in [0.25, 0.3) is 6.08 Å². The van der Waals surface area contributed by atoms with Gasteiger partial charge in [0.25, 0.3) is 0 Å². The van der Waals surface area contributed by atoms with Gasteiger partial charge in [-0.25, -0.2) is 0 Å². The Kier molecular flexibility index (Phi) is 5.66. The van der Waals surface area contributed by atoms with E-state index in [0.717, 1.165) is 5.56 Å². The summed E-state index contributed by atoms with van der Waals surface area (Å²) in [7, 11) is 4.51. The van der Waals surface area contributed by atoms with Crippen LogP contribution in [0.5, 0.6) is 17.2 Å². The fourth-order valence-electron chi connectivity index (χ4n) is 2.11. The molecule has 0 aliphatic carbocycles. The van der Waals surface area contributed by atoms with E-state index in [0.29, 0.717) is 27.8 Å². The molecule has 4 nitrogen and oxygen atoms in total. The van der Waals surface area contributed by atoms with Gasteiger partial charge >= 0.3 is 0 Å². The van der Waals surface area contributed by atoms with Crippen molar-refractivity contribution in [1.29, 1.82) is 0 Å². The maximum Gasteiger partial charge on any atom is 0.193 e. The van der Waals surface area contributed by atoms with Gasteiger partial charge in [0, 0.05) is 17.2 Å². The maximum atomic E-state index is 12.6. The third-order valence-electron chi connectivity index (χ3n) is 3.28. The van der Waals surface area contributed by atoms with Crippen LogP contribution in [0.1, 0.15) is 15.9 Å². The minimum Gasteiger partial charge on any atom is -0.496 e. The summed E-state index contributed by atoms with van der Waals surface area (Å²) in [5.41, 5.74) is 1.09. The summed E-state index contributed by atoms with van der Waals surface area (Å²) in [5.74, 6) is 1.07. The second-order valence-electron chi connectivity index (χ2n) is 4.63. The summed E-state index contributed by atoms with van der Waals surface area (Å²) in [6, 6.07) is 10.6. The zero-order chi connectivity index (χ0) is 16.8. The molecule has 0 amide bonds. The molecule has 0 N–H and O–H groups in total. The predicted molar refractivity (Wildman–Crippen MR) is 90.9 cm³/mol. The third-order valence-corrected chi connectivity index (χ3v) is 3.63. The first-order valence-corrected chi connectivity index (χ1v) is 7.25. The number of allylic oxidation sites excluding steroid dienone is 1. The lowest BCUT2D eigenvalue weighted by Gasteiger charge is -2.13. The highest BCUT2D eigenvalue weighted by Gasteiger charge is 2.18. The first-order valence-electron chi connectivity index (χ1n) is 6.87. The fourth-order valence-corrected chi connectivity index (χ4v) is 2.31. The van der Waals surface area contributed by atoms with Gasteiger partial charge in [-0.1, -0.05) is 29.8 Å². The number of hydrogen-bond donors (Lipinski definition) is 0. The van der Waals surface area contributed by atoms with Crippen molar-refractivity contribution >= 4 is 23.5 Å². The Hall–Kier alpha value is -2.46. The number of rotatable bonds is 6. The number of halogens is 1. The van der Waals surface area contributed by atoms with Gasteiger partial charge in [-0.05, 0) is 23.8 Å². The Bertz CT molecular complexity index is 713. The van der Waals surface area contributed by atoms with Crippen LogP contribution in [0, 0.1) is 0 Å². The Balaban J connectivity index is 2.41. The number of ketones is 1. The molecule has 0 heterocycles. The third kappa shape index (κ3) is 3.85. The number of benzene rings is 2. The molecule has 2 aromatic carbocycles. The molecule has 0 aliphatic heterocycles. The van der Waals surface area contributed by atoms with E-state index in [9.17, 15) is 4.79 Å². The lowest BCUT2D eigenvalue weighted by atomic mass is 10.1. The summed E-state index contributed by atoms with van der Waals surface area (Å²) in [5, 5.41) is 0.574. The average molecular weight is 333 g/mol. The first kappa shape index (κ1) is 16.9. The summed E-state index contributed by atoms with van der Waals surface area (Å²) in [6.45, 7) is 0. The normalized spacial score (nSPS) is 10.6. The molecule has 0 aliphatic rings. The molecule has 0 unspecified atom stereocenters. The molecular weight excluding hydrogens is 316 g/mol. The summed E-state index contributed by atoms with van der Waals surface area (Å²) in [6.07, 6.45) is 3.10. The number of carbonyl (C=O) groups excluding carboxylic acids is 1. The topological polar surface area (TPSA) is 44.8 Å². The van der Waals surface area contributed by atoms with Crippen LogP contribution in [0.15, 0.2) is 42.5 Å². The molecule has 0 saturated heterocycles. The van der Waals surface area contributed by atoms with Crippen LogP contribution >= 0.6 is 11.6 Å². The molecule has 0 atom stereocenters. The van der Waals surface area contributed by atoms with E-state index in [2.05, 4.69) is 0 Å². The van der Waals surface area contributed by atoms with E-state index in [1.807, 2.05) is 18.2 Å². The van der Waals surface area contributed by atoms with Crippen LogP contribution in [0.2, 0.25) is 5.02 Å². The van der Waals surface area contributed by atoms with E-state index in [1.54, 1.807) is 24.3 Å². The molecule has 0 spiro atoms. The minimum absolute atomic E-state index is 0.249. The highest BCUT2D eigenvalue weighted by molar-refractivity contribution is 6.32. The van der Waals surface area contributed by atoms with Crippen LogP contribution in [0.4, 0.5) is 0 Å². The first-order chi connectivity index (χ1) is 11.1. The lowest BCUT2D eigenvalue weighted by Crippen LogP contribution is -2.03. The molecule has 0 aromatic heterocycles. The van der Waals surface area contributed by atoms with Gasteiger partial charge in [0.15, 0.2) is 5.78 Å². The van der Waals surface area contributed by atoms with Crippen molar-refractivity contribution in [3.63, 3.8) is 0 Å². The summed E-state index contributed by atoms with van der Waals surface area (Å²) < 4.78 is 15.7. The predicted octanol–water partition coefficient (Wildman–Crippen LogP) is 4.26. The van der Waals surface area contributed by atoms with E-state index < -0.39 is 0 Å². The van der Waals surface area contributed by atoms with Crippen molar-refractivity contribution < 1.29 is 19.0 Å². The van der Waals surface area contributed by atoms with E-state index >= 15 is 0 Å². The zero-order valence-electron chi connectivity index (χ0n) is 13.1. The number of methoxy groups -OCH3 is 3. The lowest BCUT2D eigenvalue weighted by molar-refractivity contribution is 0.104. The van der Waals surface area contributed by atoms with Crippen molar-refractivity contribution in [1.82, 2.24) is 0 Å². The summed E-state index contributed by atoms with van der Waals surface area (Å²) in [4.78, 5) is 12.6. The Morgan fingerprint density at radius 3 is 2.13 bits per heavy atom. The van der Waals surface area contributed by atoms with Gasteiger partial charge in [0.2, 0.25) is 0 Å². The van der Waals surface area contributed by atoms with Gasteiger partial charge in [-0.2, -0.15) is 0 Å². The molecule has 2 rings (SSSR count). The highest BCUT2D eigenvalue weighted by Crippen LogP contribution is 2.34. The SMILES string of the molecule is COc1cc(OC)c(C(=O)/C=C/c2ccccc2Cl)c(OC)c1. The van der Waals surface area contributed by atoms with E-state index in [-0.39, 0.29) is 5.78 Å². The highest BCUT2D eigenvalue weighted by atomic mass is 35.5. The zero-order valence-corrected chi connectivity index (χ0v) is 13.9. The van der Waals surface area contributed by atoms with Gasteiger partial charge < -0.3 is 14.2 Å². The molecule has 5 heteroatoms. The standard InChI is InChI=1S/C18H17ClO4/c1-21-13-10-16(22-2)18(17(11-13)23-3)15(20)9-8-12-6-4-5-7-14(12)19/h4-11H,1-3H3/b9-8+. The van der Waals surface area contributed by atoms with Crippen LogP contribution in [-0.4, -0.2) is 27.1 Å². The van der Waals surface area contributed by atoms with Crippen LogP contribution in [-0.2, 0) is 0 Å². The quantitative estimate of drug-likeness (QED) is 0.585. The van der Waals surface area contributed by atoms with Gasteiger partial charge in [0.1, 0.15) is 22.8 Å². The van der Waals surface area contributed by atoms with E-state index in [1.165, 1.54) is 27.4 Å². The van der Waals surface area contributed by atoms with Crippen LogP contribution < -0.4 is 14.2 Å². The number of ether oxygens (including phenoxy) is 3. The minimum atomic E-state index is -0.249. The van der Waals surface area contributed by atoms with Gasteiger partial charge in [-0.15, -0.1) is 0 Å². The molecular formula is C18H17ClO4. The number of hydrogen-bond acceptors (Lipinski definition) is 4. The van der Waals surface area contributed by atoms with Gasteiger partial charge in [0.05, 0.1) is 21.3 Å². The van der Waals surface area contributed by atoms with Crippen molar-refractivity contribution in [3.05, 3.63) is 58.6 Å². The average Bonchev–Trinajstić information content (AvgIpc) is 2.59. The Morgan fingerprint density at radius 1 is 1.00 bits per heavy atom. The molecule has 23 heavy (non-hydrogen) atoms. The molecule has 0 fully saturated rings. The fraction of sp³-hybridized carbons (Fsp3) is 0.167. The second kappa shape index (κ2) is 7.70.